The summed E-state index contributed by atoms with van der Waals surface area (Å²) in [6, 6.07) is 15.9. The van der Waals surface area contributed by atoms with Gasteiger partial charge >= 0.3 is 0 Å². The van der Waals surface area contributed by atoms with Crippen molar-refractivity contribution in [2.24, 2.45) is 5.92 Å². The lowest BCUT2D eigenvalue weighted by atomic mass is 10.1. The molecule has 3 aromatic rings. The first-order chi connectivity index (χ1) is 15.1. The highest BCUT2D eigenvalue weighted by molar-refractivity contribution is 5.83. The molecule has 1 fully saturated rings. The van der Waals surface area contributed by atoms with Gasteiger partial charge in [0.15, 0.2) is 11.5 Å². The molecule has 31 heavy (non-hydrogen) atoms. The average molecular weight is 420 g/mol. The molecule has 1 N–H and O–H groups in total. The average Bonchev–Trinajstić information content (AvgIpc) is 3.59. The van der Waals surface area contributed by atoms with Crippen LogP contribution in [0.2, 0.25) is 0 Å². The number of nitrogens with zero attached hydrogens (tertiary/aromatic N) is 1. The van der Waals surface area contributed by atoms with E-state index < -0.39 is 0 Å². The van der Waals surface area contributed by atoms with Crippen LogP contribution in [-0.2, 0) is 11.4 Å². The van der Waals surface area contributed by atoms with E-state index in [9.17, 15) is 9.18 Å². The SMILES string of the molecule is COc1cc(C(C)NC(=O)C2CC2c2ccccc2F)ccc1OCc1ccncc1. The van der Waals surface area contributed by atoms with E-state index in [1.807, 2.05) is 37.3 Å². The van der Waals surface area contributed by atoms with Crippen LogP contribution in [0.25, 0.3) is 0 Å². The number of halogens is 1. The number of methoxy groups -OCH3 is 1. The fourth-order valence-electron chi connectivity index (χ4n) is 3.72. The number of carbonyl (C=O) groups is 1. The fourth-order valence-corrected chi connectivity index (χ4v) is 3.72. The summed E-state index contributed by atoms with van der Waals surface area (Å²) in [5.74, 6) is 0.684. The van der Waals surface area contributed by atoms with E-state index in [4.69, 9.17) is 9.47 Å². The number of pyridine rings is 1. The minimum Gasteiger partial charge on any atom is -0.493 e. The highest BCUT2D eigenvalue weighted by Crippen LogP contribution is 2.48. The van der Waals surface area contributed by atoms with Crippen molar-refractivity contribution < 1.29 is 18.7 Å². The summed E-state index contributed by atoms with van der Waals surface area (Å²) < 4.78 is 25.3. The van der Waals surface area contributed by atoms with Gasteiger partial charge in [-0.25, -0.2) is 4.39 Å². The Kier molecular flexibility index (Phi) is 6.16. The molecular formula is C25H25FN2O3. The molecule has 6 heteroatoms. The molecule has 160 valence electrons. The summed E-state index contributed by atoms with van der Waals surface area (Å²) >= 11 is 0. The van der Waals surface area contributed by atoms with Gasteiger partial charge in [-0.05, 0) is 66.3 Å². The van der Waals surface area contributed by atoms with Gasteiger partial charge < -0.3 is 14.8 Å². The zero-order valence-electron chi connectivity index (χ0n) is 17.5. The van der Waals surface area contributed by atoms with Crippen molar-refractivity contribution in [2.75, 3.05) is 7.11 Å². The van der Waals surface area contributed by atoms with Crippen molar-refractivity contribution in [1.29, 1.82) is 0 Å². The van der Waals surface area contributed by atoms with E-state index in [1.165, 1.54) is 6.07 Å². The Balaban J connectivity index is 1.37. The standard InChI is InChI=1S/C25H25FN2O3/c1-16(28-25(29)21-14-20(21)19-5-3-4-6-22(19)26)18-7-8-23(24(13-18)30-2)31-15-17-9-11-27-12-10-17/h3-13,16,20-21H,14-15H2,1-2H3,(H,28,29). The van der Waals surface area contributed by atoms with Gasteiger partial charge in [0.1, 0.15) is 12.4 Å². The molecule has 1 aliphatic rings. The maximum Gasteiger partial charge on any atom is 0.224 e. The van der Waals surface area contributed by atoms with Gasteiger partial charge in [-0.3, -0.25) is 9.78 Å². The Morgan fingerprint density at radius 2 is 1.94 bits per heavy atom. The molecule has 2 aromatic carbocycles. The third-order valence-corrected chi connectivity index (χ3v) is 5.62. The van der Waals surface area contributed by atoms with Crippen LogP contribution in [0.1, 0.15) is 42.0 Å². The maximum atomic E-state index is 14.0. The van der Waals surface area contributed by atoms with Gasteiger partial charge in [0.25, 0.3) is 0 Å². The highest BCUT2D eigenvalue weighted by atomic mass is 19.1. The maximum absolute atomic E-state index is 14.0. The van der Waals surface area contributed by atoms with Gasteiger partial charge in [0.05, 0.1) is 13.2 Å². The van der Waals surface area contributed by atoms with Crippen molar-refractivity contribution in [3.8, 4) is 11.5 Å². The van der Waals surface area contributed by atoms with E-state index in [2.05, 4.69) is 10.3 Å². The Labute approximate surface area is 181 Å². The normalized spacial score (nSPS) is 18.2. The quantitative estimate of drug-likeness (QED) is 0.569. The van der Waals surface area contributed by atoms with Crippen LogP contribution < -0.4 is 14.8 Å². The second-order valence-corrected chi connectivity index (χ2v) is 7.75. The molecule has 0 radical (unpaired) electrons. The van der Waals surface area contributed by atoms with Crippen LogP contribution in [0.5, 0.6) is 11.5 Å². The minimum absolute atomic E-state index is 0.0492. The number of rotatable bonds is 8. The van der Waals surface area contributed by atoms with Crippen molar-refractivity contribution >= 4 is 5.91 Å². The first kappa shape index (κ1) is 20.8. The largest absolute Gasteiger partial charge is 0.493 e. The summed E-state index contributed by atoms with van der Waals surface area (Å²) in [7, 11) is 1.59. The number of hydrogen-bond donors (Lipinski definition) is 1. The Bertz CT molecular complexity index is 1060. The first-order valence-corrected chi connectivity index (χ1v) is 10.3. The zero-order valence-corrected chi connectivity index (χ0v) is 17.5. The molecule has 0 bridgehead atoms. The van der Waals surface area contributed by atoms with Crippen LogP contribution in [0, 0.1) is 11.7 Å². The summed E-state index contributed by atoms with van der Waals surface area (Å²) in [6.45, 7) is 2.33. The molecule has 4 rings (SSSR count). The van der Waals surface area contributed by atoms with Gasteiger partial charge in [0.2, 0.25) is 5.91 Å². The van der Waals surface area contributed by atoms with Crippen LogP contribution >= 0.6 is 0 Å². The summed E-state index contributed by atoms with van der Waals surface area (Å²) in [4.78, 5) is 16.7. The van der Waals surface area contributed by atoms with Gasteiger partial charge in [0, 0.05) is 18.3 Å². The third-order valence-electron chi connectivity index (χ3n) is 5.62. The highest BCUT2D eigenvalue weighted by Gasteiger charge is 2.45. The molecule has 1 saturated carbocycles. The number of hydrogen-bond acceptors (Lipinski definition) is 4. The van der Waals surface area contributed by atoms with Crippen LogP contribution in [0.15, 0.2) is 67.0 Å². The summed E-state index contributed by atoms with van der Waals surface area (Å²) in [6.07, 6.45) is 4.12. The van der Waals surface area contributed by atoms with Crippen molar-refractivity contribution in [2.45, 2.75) is 31.9 Å². The van der Waals surface area contributed by atoms with Gasteiger partial charge in [-0.2, -0.15) is 0 Å². The molecule has 3 unspecified atom stereocenters. The molecule has 0 saturated heterocycles. The smallest absolute Gasteiger partial charge is 0.224 e. The number of amides is 1. The number of nitrogens with one attached hydrogen (secondary N) is 1. The predicted molar refractivity (Wildman–Crippen MR) is 115 cm³/mol. The summed E-state index contributed by atoms with van der Waals surface area (Å²) in [5, 5.41) is 3.04. The number of aromatic nitrogens is 1. The zero-order chi connectivity index (χ0) is 21.8. The molecule has 1 aromatic heterocycles. The van der Waals surface area contributed by atoms with E-state index in [-0.39, 0.29) is 29.6 Å². The Hall–Kier alpha value is -3.41. The van der Waals surface area contributed by atoms with Gasteiger partial charge in [-0.1, -0.05) is 24.3 Å². The van der Waals surface area contributed by atoms with E-state index in [0.29, 0.717) is 30.1 Å². The lowest BCUT2D eigenvalue weighted by Crippen LogP contribution is -2.28. The van der Waals surface area contributed by atoms with Gasteiger partial charge in [-0.15, -0.1) is 0 Å². The second kappa shape index (κ2) is 9.16. The molecule has 1 amide bonds. The van der Waals surface area contributed by atoms with E-state index in [1.54, 1.807) is 37.7 Å². The molecule has 1 aliphatic carbocycles. The first-order valence-electron chi connectivity index (χ1n) is 10.3. The van der Waals surface area contributed by atoms with E-state index in [0.717, 1.165) is 11.1 Å². The minimum atomic E-state index is -0.247. The second-order valence-electron chi connectivity index (χ2n) is 7.75. The fraction of sp³-hybridized carbons (Fsp3) is 0.280. The topological polar surface area (TPSA) is 60.5 Å². The molecule has 0 spiro atoms. The molecule has 0 aliphatic heterocycles. The predicted octanol–water partition coefficient (Wildman–Crippen LogP) is 4.79. The summed E-state index contributed by atoms with van der Waals surface area (Å²) in [5.41, 5.74) is 2.54. The number of carbonyl (C=O) groups excluding carboxylic acids is 1. The molecular weight excluding hydrogens is 395 g/mol. The van der Waals surface area contributed by atoms with E-state index >= 15 is 0 Å². The van der Waals surface area contributed by atoms with Crippen molar-refractivity contribution in [1.82, 2.24) is 10.3 Å². The monoisotopic (exact) mass is 420 g/mol. The number of benzene rings is 2. The third kappa shape index (κ3) is 4.85. The lowest BCUT2D eigenvalue weighted by molar-refractivity contribution is -0.123. The van der Waals surface area contributed by atoms with Crippen LogP contribution in [-0.4, -0.2) is 18.0 Å². The van der Waals surface area contributed by atoms with Crippen LogP contribution in [0.4, 0.5) is 4.39 Å². The van der Waals surface area contributed by atoms with Crippen LogP contribution in [0.3, 0.4) is 0 Å². The Morgan fingerprint density at radius 3 is 2.68 bits per heavy atom. The molecule has 5 nitrogen and oxygen atoms in total. The molecule has 3 atom stereocenters. The van der Waals surface area contributed by atoms with Crippen molar-refractivity contribution in [3.63, 3.8) is 0 Å². The lowest BCUT2D eigenvalue weighted by Gasteiger charge is -2.17. The Morgan fingerprint density at radius 1 is 1.16 bits per heavy atom. The van der Waals surface area contributed by atoms with Crippen molar-refractivity contribution in [3.05, 3.63) is 89.5 Å². The number of ether oxygens (including phenoxy) is 2. The molecule has 1 heterocycles.